The molecule has 3 N–H and O–H groups in total. The molecule has 2 rings (SSSR count). The Bertz CT molecular complexity index is 764. The van der Waals surface area contributed by atoms with E-state index < -0.39 is 0 Å². The molecule has 0 atom stereocenters. The molecule has 0 radical (unpaired) electrons. The lowest BCUT2D eigenvalue weighted by Crippen LogP contribution is -2.22. The van der Waals surface area contributed by atoms with Crippen molar-refractivity contribution in [1.29, 1.82) is 0 Å². The van der Waals surface area contributed by atoms with Crippen molar-refractivity contribution in [3.8, 4) is 5.75 Å². The van der Waals surface area contributed by atoms with Gasteiger partial charge < -0.3 is 20.5 Å². The third-order valence-corrected chi connectivity index (χ3v) is 4.17. The van der Waals surface area contributed by atoms with Crippen LogP contribution in [0.5, 0.6) is 5.75 Å². The molecule has 26 heavy (non-hydrogen) atoms. The Morgan fingerprint density at radius 2 is 2.08 bits per heavy atom. The van der Waals surface area contributed by atoms with Gasteiger partial charge in [-0.05, 0) is 32.0 Å². The van der Waals surface area contributed by atoms with Crippen molar-refractivity contribution in [2.24, 2.45) is 10.7 Å². The number of nitrogens with one attached hydrogen (secondary N) is 1. The Morgan fingerprint density at radius 3 is 2.69 bits per heavy atom. The first-order valence-corrected chi connectivity index (χ1v) is 8.26. The number of nitrogens with zero attached hydrogens (tertiary/aromatic N) is 3. The molecule has 0 saturated carbocycles. The van der Waals surface area contributed by atoms with Crippen LogP contribution in [0.1, 0.15) is 17.0 Å². The molecule has 9 heteroatoms. The van der Waals surface area contributed by atoms with Crippen molar-refractivity contribution >= 4 is 47.2 Å². The number of hydrogen-bond acceptors (Lipinski definition) is 4. The van der Waals surface area contributed by atoms with Crippen LogP contribution in [0.3, 0.4) is 0 Å². The molecule has 144 valence electrons. The van der Waals surface area contributed by atoms with Crippen LogP contribution in [0.15, 0.2) is 23.2 Å². The average Bonchev–Trinajstić information content (AvgIpc) is 2.85. The summed E-state index contributed by atoms with van der Waals surface area (Å²) in [6.07, 6.45) is 0. The van der Waals surface area contributed by atoms with E-state index in [1.54, 1.807) is 26.4 Å². The van der Waals surface area contributed by atoms with E-state index >= 15 is 0 Å². The Labute approximate surface area is 175 Å². The van der Waals surface area contributed by atoms with Crippen molar-refractivity contribution in [2.75, 3.05) is 26.1 Å². The number of aliphatic imine (C=N–C) groups is 1. The predicted octanol–water partition coefficient (Wildman–Crippen LogP) is 3.35. The lowest BCUT2D eigenvalue weighted by Gasteiger charge is -2.08. The van der Waals surface area contributed by atoms with Crippen LogP contribution in [0.25, 0.3) is 0 Å². The molecule has 0 bridgehead atoms. The number of hydrogen-bond donors (Lipinski definition) is 2. The SMILES string of the molecule is COCCn1nc(C)c(CN=C(N)Nc2ccc(OC)c(Cl)c2)c1C.I. The highest BCUT2D eigenvalue weighted by molar-refractivity contribution is 14.0. The molecule has 1 aromatic heterocycles. The van der Waals surface area contributed by atoms with Crippen molar-refractivity contribution in [3.63, 3.8) is 0 Å². The molecule has 2 aromatic rings. The first-order valence-electron chi connectivity index (χ1n) is 7.88. The van der Waals surface area contributed by atoms with Crippen LogP contribution in [0.2, 0.25) is 5.02 Å². The molecular formula is C17H25ClIN5O2. The van der Waals surface area contributed by atoms with Gasteiger partial charge in [-0.15, -0.1) is 24.0 Å². The maximum absolute atomic E-state index is 6.10. The van der Waals surface area contributed by atoms with E-state index in [0.717, 1.165) is 22.6 Å². The second-order valence-corrected chi connectivity index (χ2v) is 5.95. The zero-order chi connectivity index (χ0) is 18.4. The monoisotopic (exact) mass is 493 g/mol. The number of halogens is 2. The molecule has 0 aliphatic rings. The molecule has 0 aliphatic heterocycles. The first-order chi connectivity index (χ1) is 12.0. The smallest absolute Gasteiger partial charge is 0.193 e. The van der Waals surface area contributed by atoms with E-state index in [-0.39, 0.29) is 24.0 Å². The van der Waals surface area contributed by atoms with E-state index in [1.165, 1.54) is 0 Å². The Balaban J connectivity index is 0.00000338. The van der Waals surface area contributed by atoms with Gasteiger partial charge in [0.25, 0.3) is 0 Å². The van der Waals surface area contributed by atoms with Gasteiger partial charge in [-0.1, -0.05) is 11.6 Å². The number of ether oxygens (including phenoxy) is 2. The fourth-order valence-electron chi connectivity index (χ4n) is 2.45. The summed E-state index contributed by atoms with van der Waals surface area (Å²) in [6, 6.07) is 5.33. The molecule has 1 heterocycles. The maximum Gasteiger partial charge on any atom is 0.193 e. The topological polar surface area (TPSA) is 86.7 Å². The summed E-state index contributed by atoms with van der Waals surface area (Å²) in [5.74, 6) is 0.919. The summed E-state index contributed by atoms with van der Waals surface area (Å²) in [7, 11) is 3.25. The number of benzene rings is 1. The highest BCUT2D eigenvalue weighted by Gasteiger charge is 2.11. The number of guanidine groups is 1. The van der Waals surface area contributed by atoms with Crippen LogP contribution in [-0.4, -0.2) is 36.6 Å². The van der Waals surface area contributed by atoms with E-state index in [1.807, 2.05) is 24.6 Å². The minimum absolute atomic E-state index is 0. The van der Waals surface area contributed by atoms with Crippen molar-refractivity contribution in [2.45, 2.75) is 26.9 Å². The van der Waals surface area contributed by atoms with Crippen LogP contribution >= 0.6 is 35.6 Å². The summed E-state index contributed by atoms with van der Waals surface area (Å²) >= 11 is 6.10. The number of anilines is 1. The fourth-order valence-corrected chi connectivity index (χ4v) is 2.71. The van der Waals surface area contributed by atoms with Crippen molar-refractivity contribution < 1.29 is 9.47 Å². The van der Waals surface area contributed by atoms with Crippen LogP contribution < -0.4 is 15.8 Å². The third kappa shape index (κ3) is 5.75. The van der Waals surface area contributed by atoms with Gasteiger partial charge in [-0.25, -0.2) is 4.99 Å². The summed E-state index contributed by atoms with van der Waals surface area (Å²) in [6.45, 7) is 5.77. The molecule has 0 unspecified atom stereocenters. The minimum atomic E-state index is 0. The standard InChI is InChI=1S/C17H24ClN5O2.HI/c1-11-14(12(2)23(22-11)7-8-24-3)10-20-17(19)21-13-5-6-16(25-4)15(18)9-13;/h5-6,9H,7-8,10H2,1-4H3,(H3,19,20,21);1H. The van der Waals surface area contributed by atoms with Gasteiger partial charge in [-0.2, -0.15) is 5.10 Å². The predicted molar refractivity (Wildman–Crippen MR) is 116 cm³/mol. The van der Waals surface area contributed by atoms with Crippen molar-refractivity contribution in [1.82, 2.24) is 9.78 Å². The van der Waals surface area contributed by atoms with Crippen LogP contribution in [-0.2, 0) is 17.8 Å². The third-order valence-electron chi connectivity index (χ3n) is 3.87. The average molecular weight is 494 g/mol. The molecular weight excluding hydrogens is 469 g/mol. The molecule has 0 spiro atoms. The maximum atomic E-state index is 6.10. The highest BCUT2D eigenvalue weighted by atomic mass is 127. The first kappa shape index (κ1) is 22.5. The van der Waals surface area contributed by atoms with E-state index in [0.29, 0.717) is 36.4 Å². The van der Waals surface area contributed by atoms with E-state index in [4.69, 9.17) is 26.8 Å². The minimum Gasteiger partial charge on any atom is -0.495 e. The second kappa shape index (κ2) is 10.6. The largest absolute Gasteiger partial charge is 0.495 e. The second-order valence-electron chi connectivity index (χ2n) is 5.54. The van der Waals surface area contributed by atoms with E-state index in [2.05, 4.69) is 15.4 Å². The van der Waals surface area contributed by atoms with Gasteiger partial charge in [0.15, 0.2) is 5.96 Å². The summed E-state index contributed by atoms with van der Waals surface area (Å²) in [4.78, 5) is 4.40. The molecule has 0 fully saturated rings. The van der Waals surface area contributed by atoms with Gasteiger partial charge in [0, 0.05) is 24.1 Å². The summed E-state index contributed by atoms with van der Waals surface area (Å²) in [5, 5.41) is 8.05. The number of rotatable bonds is 7. The van der Waals surface area contributed by atoms with Gasteiger partial charge in [0.2, 0.25) is 0 Å². The zero-order valence-corrected chi connectivity index (χ0v) is 18.5. The lowest BCUT2D eigenvalue weighted by atomic mass is 10.2. The fraction of sp³-hybridized carbons (Fsp3) is 0.412. The Hall–Kier alpha value is -1.52. The highest BCUT2D eigenvalue weighted by Crippen LogP contribution is 2.27. The quantitative estimate of drug-likeness (QED) is 0.351. The van der Waals surface area contributed by atoms with Crippen LogP contribution in [0.4, 0.5) is 5.69 Å². The lowest BCUT2D eigenvalue weighted by molar-refractivity contribution is 0.182. The molecule has 0 amide bonds. The normalized spacial score (nSPS) is 11.2. The number of methoxy groups -OCH3 is 2. The zero-order valence-electron chi connectivity index (χ0n) is 15.4. The van der Waals surface area contributed by atoms with Gasteiger partial charge in [0.1, 0.15) is 5.75 Å². The van der Waals surface area contributed by atoms with Crippen molar-refractivity contribution in [3.05, 3.63) is 40.2 Å². The Morgan fingerprint density at radius 1 is 1.35 bits per heavy atom. The van der Waals surface area contributed by atoms with E-state index in [9.17, 15) is 0 Å². The summed E-state index contributed by atoms with van der Waals surface area (Å²) in [5.41, 5.74) is 9.80. The van der Waals surface area contributed by atoms with Gasteiger partial charge >= 0.3 is 0 Å². The number of aromatic nitrogens is 2. The van der Waals surface area contributed by atoms with Gasteiger partial charge in [-0.3, -0.25) is 4.68 Å². The number of aryl methyl sites for hydroxylation is 1. The molecule has 7 nitrogen and oxygen atoms in total. The Kier molecular flexibility index (Phi) is 9.17. The van der Waals surface area contributed by atoms with Gasteiger partial charge in [0.05, 0.1) is 37.5 Å². The number of nitrogens with two attached hydrogens (primary N) is 1. The molecule has 0 aliphatic carbocycles. The molecule has 1 aromatic carbocycles. The summed E-state index contributed by atoms with van der Waals surface area (Å²) < 4.78 is 12.2. The molecule has 0 saturated heterocycles. The van der Waals surface area contributed by atoms with Crippen LogP contribution in [0, 0.1) is 13.8 Å².